The zero-order valence-corrected chi connectivity index (χ0v) is 67.2. The zero-order chi connectivity index (χ0) is 78.8. The highest BCUT2D eigenvalue weighted by molar-refractivity contribution is 5.77. The molecule has 2 amide bonds. The number of hydrogen-bond donors (Lipinski definition) is 14. The van der Waals surface area contributed by atoms with Crippen molar-refractivity contribution < 1.29 is 104 Å². The molecule has 632 valence electrons. The molecular weight excluding hydrogens is 1380 g/mol. The summed E-state index contributed by atoms with van der Waals surface area (Å²) in [5.74, 6) is -6.14. The molecule has 3 rings (SSSR count). The van der Waals surface area contributed by atoms with E-state index in [9.17, 15) is 75.7 Å². The molecule has 3 heterocycles. The van der Waals surface area contributed by atoms with E-state index < -0.39 is 155 Å². The van der Waals surface area contributed by atoms with Gasteiger partial charge in [-0.2, -0.15) is 0 Å². The number of carboxylic acids is 1. The molecular formula is C85H156N2O21. The molecule has 18 atom stereocenters. The van der Waals surface area contributed by atoms with Gasteiger partial charge in [0.05, 0.1) is 50.7 Å². The van der Waals surface area contributed by atoms with E-state index in [1.165, 1.54) is 244 Å². The molecule has 0 aromatic carbocycles. The van der Waals surface area contributed by atoms with E-state index in [-0.39, 0.29) is 12.3 Å². The smallest absolute Gasteiger partial charge is 0.364 e. The van der Waals surface area contributed by atoms with Crippen molar-refractivity contribution in [3.63, 3.8) is 0 Å². The molecule has 108 heavy (non-hydrogen) atoms. The predicted octanol–water partition coefficient (Wildman–Crippen LogP) is 12.9. The van der Waals surface area contributed by atoms with E-state index in [4.69, 9.17) is 28.4 Å². The first-order chi connectivity index (χ1) is 52.4. The second-order valence-electron chi connectivity index (χ2n) is 31.4. The number of carbonyl (C=O) groups excluding carboxylic acids is 2. The lowest BCUT2D eigenvalue weighted by Gasteiger charge is -2.50. The molecule has 3 aliphatic heterocycles. The molecule has 0 bridgehead atoms. The Kier molecular flexibility index (Phi) is 58.1. The van der Waals surface area contributed by atoms with Crippen LogP contribution in [0.3, 0.4) is 0 Å². The Morgan fingerprint density at radius 2 is 0.898 bits per heavy atom. The van der Waals surface area contributed by atoms with E-state index in [1.54, 1.807) is 6.08 Å². The second kappa shape index (κ2) is 63.3. The molecule has 0 aromatic heterocycles. The summed E-state index contributed by atoms with van der Waals surface area (Å²) in [7, 11) is 0. The predicted molar refractivity (Wildman–Crippen MR) is 421 cm³/mol. The summed E-state index contributed by atoms with van der Waals surface area (Å²) in [5.41, 5.74) is 0. The minimum Gasteiger partial charge on any atom is -0.477 e. The lowest BCUT2D eigenvalue weighted by atomic mass is 9.88. The van der Waals surface area contributed by atoms with Crippen LogP contribution in [0, 0.1) is 0 Å². The average molecular weight is 1540 g/mol. The van der Waals surface area contributed by atoms with E-state index in [2.05, 4.69) is 48.8 Å². The number of nitrogens with one attached hydrogen (secondary N) is 2. The van der Waals surface area contributed by atoms with Crippen molar-refractivity contribution >= 4 is 17.8 Å². The third kappa shape index (κ3) is 42.4. The van der Waals surface area contributed by atoms with Crippen LogP contribution in [-0.4, -0.2) is 215 Å². The summed E-state index contributed by atoms with van der Waals surface area (Å²) in [6.07, 6.45) is 44.6. The standard InChI is InChI=1S/C85H156N2O21/c1-4-6-8-10-12-14-16-18-20-22-24-26-28-30-31-32-33-35-37-39-41-43-45-47-49-51-53-55-57-59-72(95)87-66(67(92)58-56-54-52-50-48-46-44-42-40-38-36-34-29-27-25-23-21-19-17-15-13-11-9-7-5-2)64-103-82-77(99)76(98)79(71(63-90)105-82)106-83-78(100)81(75(97)70(62-89)104-83)108-85(84(101)102)60-68(93)73(86-65(3)91)80(107-85)74(96)69(94)61-88/h24,26,30-31,56,58,66-71,73-83,88-90,92-94,96-100H,4-23,25,27-29,32-55,57,59-64H2,1-3H3,(H,86,91)(H,87,95)(H,101,102)/b26-24-,31-30-,58-56+. The van der Waals surface area contributed by atoms with E-state index in [0.29, 0.717) is 12.8 Å². The molecule has 23 heteroatoms. The molecule has 3 aliphatic rings. The molecule has 3 saturated heterocycles. The molecule has 0 radical (unpaired) electrons. The van der Waals surface area contributed by atoms with Crippen LogP contribution in [-0.2, 0) is 42.8 Å². The number of aliphatic hydroxyl groups excluding tert-OH is 11. The maximum Gasteiger partial charge on any atom is 0.364 e. The fourth-order valence-electron chi connectivity index (χ4n) is 15.0. The maximum absolute atomic E-state index is 13.6. The van der Waals surface area contributed by atoms with Crippen LogP contribution in [0.15, 0.2) is 36.5 Å². The van der Waals surface area contributed by atoms with Crippen LogP contribution >= 0.6 is 0 Å². The lowest BCUT2D eigenvalue weighted by Crippen LogP contribution is -2.70. The first-order valence-corrected chi connectivity index (χ1v) is 43.4. The Labute approximate surface area is 650 Å². The summed E-state index contributed by atoms with van der Waals surface area (Å²) in [5, 5.41) is 137. The Morgan fingerprint density at radius 3 is 1.31 bits per heavy atom. The second-order valence-corrected chi connectivity index (χ2v) is 31.4. The van der Waals surface area contributed by atoms with Gasteiger partial charge >= 0.3 is 5.97 Å². The van der Waals surface area contributed by atoms with Gasteiger partial charge in [0, 0.05) is 19.8 Å². The number of allylic oxidation sites excluding steroid dienone is 5. The summed E-state index contributed by atoms with van der Waals surface area (Å²) >= 11 is 0. The minimum atomic E-state index is -3.08. The first kappa shape index (κ1) is 99.1. The number of rotatable bonds is 69. The molecule has 23 nitrogen and oxygen atoms in total. The Hall–Kier alpha value is -3.05. The van der Waals surface area contributed by atoms with Gasteiger partial charge in [-0.25, -0.2) is 4.79 Å². The SMILES string of the molecule is CCCCCCCCCCC/C=C\C/C=C\CCCCCCCCCCCCCCCC(=O)NC(COC1OC(CO)C(OC2OC(CO)C(O)C(OC3(C(=O)O)CC(O)C(NC(C)=O)C(C(O)C(O)CO)O3)C2O)C(O)C1O)C(O)/C=C/CCCCCCCCCCCCCCCCCCCCCCCCC. The molecule has 0 spiro atoms. The van der Waals surface area contributed by atoms with Crippen LogP contribution < -0.4 is 10.6 Å². The van der Waals surface area contributed by atoms with Gasteiger partial charge < -0.3 is 100 Å². The average Bonchev–Trinajstić information content (AvgIpc) is 0.755. The van der Waals surface area contributed by atoms with Gasteiger partial charge in [-0.15, -0.1) is 0 Å². The normalized spacial score (nSPS) is 26.0. The zero-order valence-electron chi connectivity index (χ0n) is 67.2. The first-order valence-electron chi connectivity index (χ1n) is 43.4. The third-order valence-electron chi connectivity index (χ3n) is 21.8. The summed E-state index contributed by atoms with van der Waals surface area (Å²) in [4.78, 5) is 38.8. The number of unbranched alkanes of at least 4 members (excludes halogenated alkanes) is 45. The van der Waals surface area contributed by atoms with Gasteiger partial charge in [0.25, 0.3) is 5.79 Å². The number of carbonyl (C=O) groups is 3. The molecule has 0 aliphatic carbocycles. The number of ether oxygens (including phenoxy) is 6. The van der Waals surface area contributed by atoms with E-state index >= 15 is 0 Å². The summed E-state index contributed by atoms with van der Waals surface area (Å²) in [6, 6.07) is -2.62. The molecule has 3 fully saturated rings. The van der Waals surface area contributed by atoms with E-state index in [0.717, 1.165) is 64.7 Å². The number of aliphatic hydroxyl groups is 11. The molecule has 0 saturated carbocycles. The number of aliphatic carboxylic acids is 1. The quantitative estimate of drug-likeness (QED) is 0.0199. The monoisotopic (exact) mass is 1540 g/mol. The lowest BCUT2D eigenvalue weighted by molar-refractivity contribution is -0.386. The van der Waals surface area contributed by atoms with Gasteiger partial charge in [-0.1, -0.05) is 314 Å². The van der Waals surface area contributed by atoms with Crippen molar-refractivity contribution in [2.75, 3.05) is 26.4 Å². The topological polar surface area (TPSA) is 373 Å². The number of carboxylic acid groups (broad SMARTS) is 1. The van der Waals surface area contributed by atoms with Crippen LogP contribution in [0.4, 0.5) is 0 Å². The number of amides is 2. The van der Waals surface area contributed by atoms with Crippen molar-refractivity contribution in [2.24, 2.45) is 0 Å². The Morgan fingerprint density at radius 1 is 0.491 bits per heavy atom. The van der Waals surface area contributed by atoms with Gasteiger partial charge in [0.2, 0.25) is 11.8 Å². The van der Waals surface area contributed by atoms with Crippen molar-refractivity contribution in [1.29, 1.82) is 0 Å². The highest BCUT2D eigenvalue weighted by atomic mass is 16.8. The van der Waals surface area contributed by atoms with Crippen LogP contribution in [0.1, 0.15) is 348 Å². The van der Waals surface area contributed by atoms with Crippen molar-refractivity contribution in [1.82, 2.24) is 10.6 Å². The Balaban J connectivity index is 1.49. The third-order valence-corrected chi connectivity index (χ3v) is 21.8. The van der Waals surface area contributed by atoms with Crippen molar-refractivity contribution in [2.45, 2.75) is 458 Å². The van der Waals surface area contributed by atoms with Crippen molar-refractivity contribution in [3.8, 4) is 0 Å². The Bertz CT molecular complexity index is 2290. The molecule has 0 aromatic rings. The maximum atomic E-state index is 13.6. The van der Waals surface area contributed by atoms with Crippen molar-refractivity contribution in [3.05, 3.63) is 36.5 Å². The fraction of sp³-hybridized carbons (Fsp3) is 0.894. The van der Waals surface area contributed by atoms with E-state index in [1.807, 2.05) is 6.08 Å². The number of hydrogen-bond acceptors (Lipinski definition) is 20. The summed E-state index contributed by atoms with van der Waals surface area (Å²) < 4.78 is 35.0. The highest BCUT2D eigenvalue weighted by Gasteiger charge is 2.60. The van der Waals surface area contributed by atoms with Crippen LogP contribution in [0.2, 0.25) is 0 Å². The molecule has 18 unspecified atom stereocenters. The van der Waals surface area contributed by atoms with Crippen LogP contribution in [0.25, 0.3) is 0 Å². The fourth-order valence-corrected chi connectivity index (χ4v) is 15.0. The van der Waals surface area contributed by atoms with Gasteiger partial charge in [0.15, 0.2) is 12.6 Å². The van der Waals surface area contributed by atoms with Gasteiger partial charge in [-0.05, 0) is 51.4 Å². The van der Waals surface area contributed by atoms with Crippen LogP contribution in [0.5, 0.6) is 0 Å². The van der Waals surface area contributed by atoms with Gasteiger partial charge in [0.1, 0.15) is 67.1 Å². The summed E-state index contributed by atoms with van der Waals surface area (Å²) in [6.45, 7) is 2.20. The minimum absolute atomic E-state index is 0.200. The van der Waals surface area contributed by atoms with Gasteiger partial charge in [-0.3, -0.25) is 9.59 Å². The molecule has 14 N–H and O–H groups in total. The largest absolute Gasteiger partial charge is 0.477 e. The highest BCUT2D eigenvalue weighted by Crippen LogP contribution is 2.39.